The molecule has 186 valence electrons. The number of aromatic nitrogens is 3. The van der Waals surface area contributed by atoms with Crippen LogP contribution in [0.5, 0.6) is 0 Å². The Morgan fingerprint density at radius 1 is 1.00 bits per heavy atom. The highest BCUT2D eigenvalue weighted by Crippen LogP contribution is 2.39. The second-order valence-corrected chi connectivity index (χ2v) is 10.9. The summed E-state index contributed by atoms with van der Waals surface area (Å²) >= 11 is 0. The van der Waals surface area contributed by atoms with Crippen molar-refractivity contribution in [2.24, 2.45) is 5.41 Å². The highest BCUT2D eigenvalue weighted by atomic mass is 16.5. The molecule has 0 saturated heterocycles. The molecule has 0 bridgehead atoms. The monoisotopic (exact) mass is 451 g/mol. The zero-order valence-corrected chi connectivity index (χ0v) is 22.5. The molecular formula is C26H49N3O3. The number of ketones is 1. The van der Waals surface area contributed by atoms with Gasteiger partial charge in [-0.2, -0.15) is 0 Å². The lowest BCUT2D eigenvalue weighted by Crippen LogP contribution is -2.35. The predicted octanol–water partition coefficient (Wildman–Crippen LogP) is 6.08. The third kappa shape index (κ3) is 7.38. The maximum atomic E-state index is 12.1. The van der Waals surface area contributed by atoms with E-state index >= 15 is 0 Å². The van der Waals surface area contributed by atoms with Gasteiger partial charge in [0.05, 0.1) is 16.8 Å². The van der Waals surface area contributed by atoms with Gasteiger partial charge in [-0.1, -0.05) is 46.8 Å². The van der Waals surface area contributed by atoms with E-state index in [0.717, 1.165) is 57.2 Å². The van der Waals surface area contributed by atoms with E-state index in [1.54, 1.807) is 14.0 Å². The molecule has 1 aromatic heterocycles. The zero-order valence-electron chi connectivity index (χ0n) is 22.5. The first kappa shape index (κ1) is 28.8. The van der Waals surface area contributed by atoms with Gasteiger partial charge in [0.1, 0.15) is 5.78 Å². The number of Topliss-reactive ketones (excluding diaryl/α,β-unsaturated/α-hetero) is 1. The molecule has 0 aliphatic carbocycles. The molecule has 0 aromatic carbocycles. The van der Waals surface area contributed by atoms with Crippen LogP contribution in [0.25, 0.3) is 0 Å². The lowest BCUT2D eigenvalue weighted by molar-refractivity contribution is -0.126. The fourth-order valence-corrected chi connectivity index (χ4v) is 4.21. The molecular weight excluding hydrogens is 402 g/mol. The van der Waals surface area contributed by atoms with Gasteiger partial charge in [-0.05, 0) is 65.7 Å². The number of nitrogens with zero attached hydrogens (tertiary/aromatic N) is 3. The van der Waals surface area contributed by atoms with E-state index in [9.17, 15) is 4.79 Å². The fraction of sp³-hybridized carbons (Fsp3) is 0.885. The van der Waals surface area contributed by atoms with Crippen LogP contribution in [0.3, 0.4) is 0 Å². The molecule has 3 atom stereocenters. The molecule has 0 spiro atoms. The summed E-state index contributed by atoms with van der Waals surface area (Å²) in [5, 5.41) is 9.14. The van der Waals surface area contributed by atoms with E-state index in [1.807, 2.05) is 18.5 Å². The summed E-state index contributed by atoms with van der Waals surface area (Å²) in [7, 11) is 1.74. The second kappa shape index (κ2) is 11.7. The summed E-state index contributed by atoms with van der Waals surface area (Å²) in [5.74, 6) is 0.213. The highest BCUT2D eigenvalue weighted by Gasteiger charge is 2.38. The van der Waals surface area contributed by atoms with E-state index in [1.165, 1.54) is 0 Å². The number of rotatable bonds is 16. The van der Waals surface area contributed by atoms with E-state index < -0.39 is 0 Å². The fourth-order valence-electron chi connectivity index (χ4n) is 4.21. The Kier molecular flexibility index (Phi) is 10.5. The molecule has 6 heteroatoms. The van der Waals surface area contributed by atoms with Crippen molar-refractivity contribution in [1.29, 1.82) is 0 Å². The second-order valence-electron chi connectivity index (χ2n) is 10.9. The van der Waals surface area contributed by atoms with Crippen molar-refractivity contribution >= 4 is 5.78 Å². The number of ether oxygens (including phenoxy) is 2. The van der Waals surface area contributed by atoms with E-state index in [0.29, 0.717) is 6.61 Å². The van der Waals surface area contributed by atoms with Crippen molar-refractivity contribution in [3.63, 3.8) is 0 Å². The van der Waals surface area contributed by atoms with Crippen LogP contribution in [0.15, 0.2) is 6.20 Å². The van der Waals surface area contributed by atoms with Crippen LogP contribution < -0.4 is 0 Å². The van der Waals surface area contributed by atoms with Crippen LogP contribution in [0.4, 0.5) is 0 Å². The maximum Gasteiger partial charge on any atom is 0.135 e. The van der Waals surface area contributed by atoms with Crippen molar-refractivity contribution in [3.8, 4) is 0 Å². The number of carbonyl (C=O) groups excluding carboxylic acids is 1. The van der Waals surface area contributed by atoms with Crippen molar-refractivity contribution < 1.29 is 14.3 Å². The van der Waals surface area contributed by atoms with Crippen molar-refractivity contribution in [1.82, 2.24) is 15.0 Å². The first-order valence-corrected chi connectivity index (χ1v) is 12.4. The van der Waals surface area contributed by atoms with Gasteiger partial charge in [-0.15, -0.1) is 5.10 Å². The lowest BCUT2D eigenvalue weighted by atomic mass is 9.69. The summed E-state index contributed by atoms with van der Waals surface area (Å²) < 4.78 is 13.6. The van der Waals surface area contributed by atoms with Crippen LogP contribution in [0, 0.1) is 5.41 Å². The predicted molar refractivity (Wildman–Crippen MR) is 131 cm³/mol. The summed E-state index contributed by atoms with van der Waals surface area (Å²) in [6.07, 6.45) is 8.55. The third-order valence-corrected chi connectivity index (χ3v) is 7.89. The Morgan fingerprint density at radius 2 is 1.66 bits per heavy atom. The molecule has 0 radical (unpaired) electrons. The van der Waals surface area contributed by atoms with E-state index in [2.05, 4.69) is 58.1 Å². The molecule has 0 aliphatic heterocycles. The van der Waals surface area contributed by atoms with Gasteiger partial charge < -0.3 is 9.47 Å². The summed E-state index contributed by atoms with van der Waals surface area (Å²) in [6, 6.07) is 0. The van der Waals surface area contributed by atoms with E-state index in [4.69, 9.17) is 9.47 Å². The molecule has 0 fully saturated rings. The van der Waals surface area contributed by atoms with E-state index in [-0.39, 0.29) is 27.8 Å². The smallest absolute Gasteiger partial charge is 0.135 e. The van der Waals surface area contributed by atoms with Gasteiger partial charge in [0.15, 0.2) is 0 Å². The number of hydrogen-bond acceptors (Lipinski definition) is 5. The van der Waals surface area contributed by atoms with Crippen LogP contribution in [0.2, 0.25) is 0 Å². The Morgan fingerprint density at radius 3 is 2.16 bits per heavy atom. The molecule has 0 aliphatic rings. The SMILES string of the molecule is CCC(C)(CCCOC)OCCC(C)(CC)n1cc(C(C)(CC)CC(C)(C)C(C)=O)nn1. The number of methoxy groups -OCH3 is 1. The number of hydrogen-bond donors (Lipinski definition) is 0. The topological polar surface area (TPSA) is 66.2 Å². The van der Waals surface area contributed by atoms with Gasteiger partial charge in [0.25, 0.3) is 0 Å². The lowest BCUT2D eigenvalue weighted by Gasteiger charge is -2.34. The Bertz CT molecular complexity index is 717. The molecule has 32 heavy (non-hydrogen) atoms. The van der Waals surface area contributed by atoms with Crippen molar-refractivity contribution in [3.05, 3.63) is 11.9 Å². The highest BCUT2D eigenvalue weighted by molar-refractivity contribution is 5.81. The first-order valence-electron chi connectivity index (χ1n) is 12.4. The molecule has 1 rings (SSSR count). The molecule has 6 nitrogen and oxygen atoms in total. The summed E-state index contributed by atoms with van der Waals surface area (Å²) in [6.45, 7) is 20.3. The summed E-state index contributed by atoms with van der Waals surface area (Å²) in [4.78, 5) is 12.1. The van der Waals surface area contributed by atoms with Crippen LogP contribution in [-0.4, -0.2) is 46.7 Å². The Labute approximate surface area is 196 Å². The molecule has 3 unspecified atom stereocenters. The van der Waals surface area contributed by atoms with Gasteiger partial charge >= 0.3 is 0 Å². The van der Waals surface area contributed by atoms with Gasteiger partial charge in [0.2, 0.25) is 0 Å². The summed E-state index contributed by atoms with van der Waals surface area (Å²) in [5.41, 5.74) is 0.0921. The average Bonchev–Trinajstić information content (AvgIpc) is 3.25. The minimum Gasteiger partial charge on any atom is -0.385 e. The van der Waals surface area contributed by atoms with Crippen molar-refractivity contribution in [2.45, 2.75) is 124 Å². The van der Waals surface area contributed by atoms with Crippen LogP contribution >= 0.6 is 0 Å². The number of carbonyl (C=O) groups is 1. The van der Waals surface area contributed by atoms with Gasteiger partial charge in [-0.3, -0.25) is 4.79 Å². The minimum absolute atomic E-state index is 0.125. The van der Waals surface area contributed by atoms with Crippen LogP contribution in [-0.2, 0) is 25.2 Å². The molecule has 0 amide bonds. The standard InChI is InChI=1S/C26H49N3O3/c1-11-24(7,20-23(5,6)21(4)30)22-19-29(28-27-22)25(8,12-2)16-18-32-26(9,13-3)15-14-17-31-10/h19H,11-18,20H2,1-10H3. The van der Waals surface area contributed by atoms with Crippen LogP contribution in [0.1, 0.15) is 113 Å². The maximum absolute atomic E-state index is 12.1. The quantitative estimate of drug-likeness (QED) is 0.285. The molecule has 1 heterocycles. The largest absolute Gasteiger partial charge is 0.385 e. The third-order valence-electron chi connectivity index (χ3n) is 7.89. The van der Waals surface area contributed by atoms with Crippen molar-refractivity contribution in [2.75, 3.05) is 20.3 Å². The first-order chi connectivity index (χ1) is 14.8. The molecule has 0 saturated carbocycles. The minimum atomic E-state index is -0.385. The normalized spacial score (nSPS) is 18.1. The molecule has 0 N–H and O–H groups in total. The Hall–Kier alpha value is -1.27. The van der Waals surface area contributed by atoms with Gasteiger partial charge in [0, 0.05) is 37.4 Å². The van der Waals surface area contributed by atoms with Gasteiger partial charge in [-0.25, -0.2) is 4.68 Å². The Balaban J connectivity index is 2.95. The average molecular weight is 452 g/mol. The molecule has 1 aromatic rings. The zero-order chi connectivity index (χ0) is 24.6.